The van der Waals surface area contributed by atoms with E-state index in [0.717, 1.165) is 5.76 Å². The maximum absolute atomic E-state index is 12.3. The van der Waals surface area contributed by atoms with Crippen LogP contribution in [-0.2, 0) is 11.3 Å². The molecule has 1 N–H and O–H groups in total. The van der Waals surface area contributed by atoms with Crippen molar-refractivity contribution in [2.75, 3.05) is 12.4 Å². The molecule has 0 spiro atoms. The third-order valence-corrected chi connectivity index (χ3v) is 3.56. The van der Waals surface area contributed by atoms with E-state index in [-0.39, 0.29) is 17.7 Å². The first kappa shape index (κ1) is 16.0. The second kappa shape index (κ2) is 7.04. The van der Waals surface area contributed by atoms with Gasteiger partial charge in [-0.2, -0.15) is 0 Å². The van der Waals surface area contributed by atoms with Gasteiger partial charge in [-0.25, -0.2) is 0 Å². The molecule has 0 saturated heterocycles. The van der Waals surface area contributed by atoms with Crippen molar-refractivity contribution >= 4 is 17.4 Å². The minimum atomic E-state index is -0.328. The fourth-order valence-electron chi connectivity index (χ4n) is 2.05. The normalized spacial score (nSPS) is 12.2. The number of carbonyl (C=O) groups excluding carboxylic acids is 2. The van der Waals surface area contributed by atoms with E-state index in [1.807, 2.05) is 31.0 Å². The van der Waals surface area contributed by atoms with Gasteiger partial charge in [-0.05, 0) is 45.2 Å². The van der Waals surface area contributed by atoms with E-state index >= 15 is 0 Å². The SMILES string of the molecule is CC(=O)c1cccc(NC(=O)[C@@H](C)N(C)Cc2ccco2)c1. The van der Waals surface area contributed by atoms with Gasteiger partial charge in [0.2, 0.25) is 5.91 Å². The Hall–Kier alpha value is -2.40. The number of nitrogens with zero attached hydrogens (tertiary/aromatic N) is 1. The first-order valence-corrected chi connectivity index (χ1v) is 7.12. The molecule has 0 bridgehead atoms. The number of ketones is 1. The summed E-state index contributed by atoms with van der Waals surface area (Å²) in [6, 6.07) is 10.3. The highest BCUT2D eigenvalue weighted by molar-refractivity contribution is 5.98. The van der Waals surface area contributed by atoms with Gasteiger partial charge in [-0.15, -0.1) is 0 Å². The lowest BCUT2D eigenvalue weighted by Gasteiger charge is -2.22. The molecule has 1 aromatic heterocycles. The summed E-state index contributed by atoms with van der Waals surface area (Å²) in [5.74, 6) is 0.648. The molecule has 116 valence electrons. The Morgan fingerprint density at radius 2 is 2.05 bits per heavy atom. The van der Waals surface area contributed by atoms with Gasteiger partial charge in [-0.1, -0.05) is 12.1 Å². The van der Waals surface area contributed by atoms with E-state index in [4.69, 9.17) is 4.42 Å². The van der Waals surface area contributed by atoms with Crippen molar-refractivity contribution in [3.63, 3.8) is 0 Å². The number of likely N-dealkylation sites (N-methyl/N-ethyl adjacent to an activating group) is 1. The zero-order chi connectivity index (χ0) is 16.1. The van der Waals surface area contributed by atoms with Crippen molar-refractivity contribution in [1.82, 2.24) is 4.90 Å². The van der Waals surface area contributed by atoms with E-state index in [1.54, 1.807) is 30.5 Å². The standard InChI is InChI=1S/C17H20N2O3/c1-12(19(3)11-16-8-5-9-22-16)17(21)18-15-7-4-6-14(10-15)13(2)20/h4-10,12H,11H2,1-3H3,(H,18,21)/t12-/m1/s1. The number of furan rings is 1. The van der Waals surface area contributed by atoms with Crippen LogP contribution in [0.5, 0.6) is 0 Å². The second-order valence-electron chi connectivity index (χ2n) is 5.30. The van der Waals surface area contributed by atoms with Crippen LogP contribution in [-0.4, -0.2) is 29.7 Å². The van der Waals surface area contributed by atoms with Crippen molar-refractivity contribution in [2.24, 2.45) is 0 Å². The number of carbonyl (C=O) groups is 2. The predicted octanol–water partition coefficient (Wildman–Crippen LogP) is 2.94. The number of Topliss-reactive ketones (excluding diaryl/α,β-unsaturated/α-hetero) is 1. The van der Waals surface area contributed by atoms with Gasteiger partial charge >= 0.3 is 0 Å². The van der Waals surface area contributed by atoms with Crippen LogP contribution in [0.4, 0.5) is 5.69 Å². The highest BCUT2D eigenvalue weighted by Crippen LogP contribution is 2.13. The number of rotatable bonds is 6. The van der Waals surface area contributed by atoms with Gasteiger partial charge in [0.05, 0.1) is 18.8 Å². The third kappa shape index (κ3) is 4.05. The minimum absolute atomic E-state index is 0.0286. The summed E-state index contributed by atoms with van der Waals surface area (Å²) < 4.78 is 5.28. The van der Waals surface area contributed by atoms with Crippen LogP contribution in [0.3, 0.4) is 0 Å². The summed E-state index contributed by atoms with van der Waals surface area (Å²) in [4.78, 5) is 25.6. The molecule has 5 heteroatoms. The lowest BCUT2D eigenvalue weighted by Crippen LogP contribution is -2.39. The highest BCUT2D eigenvalue weighted by atomic mass is 16.3. The first-order valence-electron chi connectivity index (χ1n) is 7.12. The van der Waals surface area contributed by atoms with Crippen molar-refractivity contribution in [3.05, 3.63) is 54.0 Å². The van der Waals surface area contributed by atoms with Crippen LogP contribution >= 0.6 is 0 Å². The number of amides is 1. The van der Waals surface area contributed by atoms with Crippen LogP contribution in [0.15, 0.2) is 47.1 Å². The monoisotopic (exact) mass is 300 g/mol. The molecule has 0 unspecified atom stereocenters. The van der Waals surface area contributed by atoms with Crippen LogP contribution in [0, 0.1) is 0 Å². The minimum Gasteiger partial charge on any atom is -0.468 e. The molecule has 0 fully saturated rings. The van der Waals surface area contributed by atoms with Crippen LogP contribution in [0.25, 0.3) is 0 Å². The molecule has 2 rings (SSSR count). The molecule has 2 aromatic rings. The summed E-state index contributed by atoms with van der Waals surface area (Å²) in [5.41, 5.74) is 1.20. The fraction of sp³-hybridized carbons (Fsp3) is 0.294. The first-order chi connectivity index (χ1) is 10.5. The number of nitrogens with one attached hydrogen (secondary N) is 1. The van der Waals surface area contributed by atoms with Crippen molar-refractivity contribution < 1.29 is 14.0 Å². The van der Waals surface area contributed by atoms with Gasteiger partial charge in [0.25, 0.3) is 0 Å². The second-order valence-corrected chi connectivity index (χ2v) is 5.30. The summed E-state index contributed by atoms with van der Waals surface area (Å²) in [5, 5.41) is 2.83. The molecule has 22 heavy (non-hydrogen) atoms. The lowest BCUT2D eigenvalue weighted by molar-refractivity contribution is -0.120. The van der Waals surface area contributed by atoms with E-state index < -0.39 is 0 Å². The fourth-order valence-corrected chi connectivity index (χ4v) is 2.05. The van der Waals surface area contributed by atoms with Crippen molar-refractivity contribution in [3.8, 4) is 0 Å². The van der Waals surface area contributed by atoms with E-state index in [9.17, 15) is 9.59 Å². The Bertz CT molecular complexity index is 650. The summed E-state index contributed by atoms with van der Waals surface area (Å²) in [7, 11) is 1.86. The maximum atomic E-state index is 12.3. The zero-order valence-electron chi connectivity index (χ0n) is 13.0. The molecular formula is C17H20N2O3. The topological polar surface area (TPSA) is 62.6 Å². The van der Waals surface area contributed by atoms with Crippen LogP contribution in [0.1, 0.15) is 30.0 Å². The summed E-state index contributed by atoms with van der Waals surface area (Å²) in [6.07, 6.45) is 1.61. The van der Waals surface area contributed by atoms with Gasteiger partial charge in [-0.3, -0.25) is 14.5 Å². The summed E-state index contributed by atoms with van der Waals surface area (Å²) >= 11 is 0. The molecule has 0 radical (unpaired) electrons. The van der Waals surface area contributed by atoms with Gasteiger partial charge in [0.1, 0.15) is 5.76 Å². The molecule has 0 aliphatic heterocycles. The van der Waals surface area contributed by atoms with E-state index in [2.05, 4.69) is 5.32 Å². The van der Waals surface area contributed by atoms with E-state index in [0.29, 0.717) is 17.8 Å². The quantitative estimate of drug-likeness (QED) is 0.833. The summed E-state index contributed by atoms with van der Waals surface area (Å²) in [6.45, 7) is 3.88. The molecule has 5 nitrogen and oxygen atoms in total. The Morgan fingerprint density at radius 1 is 1.27 bits per heavy atom. The average Bonchev–Trinajstić information content (AvgIpc) is 2.99. The lowest BCUT2D eigenvalue weighted by atomic mass is 10.1. The Morgan fingerprint density at radius 3 is 2.68 bits per heavy atom. The molecular weight excluding hydrogens is 280 g/mol. The molecule has 1 heterocycles. The molecule has 1 atom stereocenters. The van der Waals surface area contributed by atoms with Crippen LogP contribution < -0.4 is 5.32 Å². The van der Waals surface area contributed by atoms with Gasteiger partial charge < -0.3 is 9.73 Å². The molecule has 0 aliphatic rings. The van der Waals surface area contributed by atoms with Crippen molar-refractivity contribution in [1.29, 1.82) is 0 Å². The zero-order valence-corrected chi connectivity index (χ0v) is 13.0. The maximum Gasteiger partial charge on any atom is 0.241 e. The largest absolute Gasteiger partial charge is 0.468 e. The highest BCUT2D eigenvalue weighted by Gasteiger charge is 2.19. The average molecular weight is 300 g/mol. The number of benzene rings is 1. The van der Waals surface area contributed by atoms with Gasteiger partial charge in [0, 0.05) is 11.3 Å². The predicted molar refractivity (Wildman–Crippen MR) is 84.7 cm³/mol. The third-order valence-electron chi connectivity index (χ3n) is 3.56. The number of anilines is 1. The molecule has 0 saturated carbocycles. The molecule has 1 amide bonds. The smallest absolute Gasteiger partial charge is 0.241 e. The van der Waals surface area contributed by atoms with E-state index in [1.165, 1.54) is 6.92 Å². The Labute approximate surface area is 129 Å². The molecule has 0 aliphatic carbocycles. The number of hydrogen-bond acceptors (Lipinski definition) is 4. The van der Waals surface area contributed by atoms with Crippen LogP contribution in [0.2, 0.25) is 0 Å². The Balaban J connectivity index is 1.98. The van der Waals surface area contributed by atoms with Gasteiger partial charge in [0.15, 0.2) is 5.78 Å². The Kier molecular flexibility index (Phi) is 5.12. The molecule has 1 aromatic carbocycles. The number of hydrogen-bond donors (Lipinski definition) is 1. The van der Waals surface area contributed by atoms with Crippen molar-refractivity contribution in [2.45, 2.75) is 26.4 Å².